The lowest BCUT2D eigenvalue weighted by atomic mass is 9.98. The zero-order valence-electron chi connectivity index (χ0n) is 17.4. The average Bonchev–Trinajstić information content (AvgIpc) is 3.50. The van der Waals surface area contributed by atoms with Gasteiger partial charge in [0.05, 0.1) is 0 Å². The Balaban J connectivity index is 1.27. The normalized spacial score (nSPS) is 19.8. The van der Waals surface area contributed by atoms with E-state index in [4.69, 9.17) is 9.57 Å². The second-order valence-electron chi connectivity index (χ2n) is 8.15. The Hall–Kier alpha value is -3.68. The Morgan fingerprint density at radius 3 is 2.12 bits per heavy atom. The van der Waals surface area contributed by atoms with Gasteiger partial charge in [-0.25, -0.2) is 9.59 Å². The number of likely N-dealkylation sites (tertiary alicyclic amines) is 1. The minimum absolute atomic E-state index is 0.0207. The van der Waals surface area contributed by atoms with E-state index in [2.05, 4.69) is 12.1 Å². The first-order valence-electron chi connectivity index (χ1n) is 10.7. The van der Waals surface area contributed by atoms with E-state index in [1.165, 1.54) is 4.90 Å². The number of amides is 3. The molecule has 2 aromatic rings. The standard InChI is InChI=1S/C24H22N2O6/c27-21-11-12-22(28)26(21)32-23(29)20-10-5-13-25(20)24(30)31-14-19-17-8-3-1-6-15(17)16-7-2-4-9-18(16)19/h1-4,6-9,19-20H,5,10-14H2. The van der Waals surface area contributed by atoms with Gasteiger partial charge >= 0.3 is 12.1 Å². The maximum atomic E-state index is 12.9. The van der Waals surface area contributed by atoms with Crippen LogP contribution in [0.3, 0.4) is 0 Å². The van der Waals surface area contributed by atoms with Gasteiger partial charge in [0.2, 0.25) is 0 Å². The minimum Gasteiger partial charge on any atom is -0.448 e. The van der Waals surface area contributed by atoms with Gasteiger partial charge in [0.1, 0.15) is 12.6 Å². The lowest BCUT2D eigenvalue weighted by molar-refractivity contribution is -0.200. The highest BCUT2D eigenvalue weighted by Crippen LogP contribution is 2.44. The number of hydroxylamine groups is 2. The number of ether oxygens (including phenoxy) is 1. The highest BCUT2D eigenvalue weighted by Gasteiger charge is 2.41. The predicted molar refractivity (Wildman–Crippen MR) is 112 cm³/mol. The van der Waals surface area contributed by atoms with Crippen LogP contribution in [-0.4, -0.2) is 53.0 Å². The lowest BCUT2D eigenvalue weighted by Crippen LogP contribution is -2.45. The SMILES string of the molecule is O=C(ON1C(=O)CCC1=O)C1CCCN1C(=O)OCC1c2ccccc2-c2ccccc21. The van der Waals surface area contributed by atoms with E-state index in [0.717, 1.165) is 22.3 Å². The topological polar surface area (TPSA) is 93.2 Å². The third-order valence-electron chi connectivity index (χ3n) is 6.28. The average molecular weight is 434 g/mol. The minimum atomic E-state index is -0.883. The van der Waals surface area contributed by atoms with Crippen molar-refractivity contribution in [2.75, 3.05) is 13.2 Å². The van der Waals surface area contributed by atoms with Gasteiger partial charge in [0, 0.05) is 25.3 Å². The molecule has 3 amide bonds. The Bertz CT molecular complexity index is 1050. The van der Waals surface area contributed by atoms with Crippen LogP contribution in [-0.2, 0) is 24.0 Å². The van der Waals surface area contributed by atoms with Crippen LogP contribution in [0.4, 0.5) is 4.79 Å². The molecule has 1 atom stereocenters. The summed E-state index contributed by atoms with van der Waals surface area (Å²) >= 11 is 0. The zero-order chi connectivity index (χ0) is 22.2. The quantitative estimate of drug-likeness (QED) is 0.687. The van der Waals surface area contributed by atoms with Crippen molar-refractivity contribution in [3.63, 3.8) is 0 Å². The van der Waals surface area contributed by atoms with Gasteiger partial charge in [-0.1, -0.05) is 48.5 Å². The summed E-state index contributed by atoms with van der Waals surface area (Å²) in [5.41, 5.74) is 4.47. The van der Waals surface area contributed by atoms with Gasteiger partial charge in [-0.15, -0.1) is 5.06 Å². The predicted octanol–water partition coefficient (Wildman–Crippen LogP) is 3.01. The molecular formula is C24H22N2O6. The molecule has 0 N–H and O–H groups in total. The van der Waals surface area contributed by atoms with Gasteiger partial charge in [-0.2, -0.15) is 0 Å². The third kappa shape index (κ3) is 3.41. The number of hydrogen-bond acceptors (Lipinski definition) is 6. The van der Waals surface area contributed by atoms with Crippen molar-refractivity contribution in [1.82, 2.24) is 9.96 Å². The van der Waals surface area contributed by atoms with Crippen molar-refractivity contribution >= 4 is 23.9 Å². The van der Waals surface area contributed by atoms with Crippen LogP contribution in [0.2, 0.25) is 0 Å². The first-order chi connectivity index (χ1) is 15.5. The molecule has 32 heavy (non-hydrogen) atoms. The van der Waals surface area contributed by atoms with E-state index in [1.54, 1.807) is 0 Å². The van der Waals surface area contributed by atoms with Crippen molar-refractivity contribution in [2.24, 2.45) is 0 Å². The molecule has 0 spiro atoms. The van der Waals surface area contributed by atoms with E-state index < -0.39 is 29.9 Å². The number of benzene rings is 2. The molecule has 3 aliphatic rings. The summed E-state index contributed by atoms with van der Waals surface area (Å²) in [5.74, 6) is -1.97. The van der Waals surface area contributed by atoms with E-state index in [9.17, 15) is 19.2 Å². The molecule has 0 bridgehead atoms. The summed E-state index contributed by atoms with van der Waals surface area (Å²) < 4.78 is 5.65. The van der Waals surface area contributed by atoms with E-state index in [1.807, 2.05) is 36.4 Å². The molecule has 2 aliphatic heterocycles. The number of hydrogen-bond donors (Lipinski definition) is 0. The molecular weight excluding hydrogens is 412 g/mol. The number of imide groups is 1. The van der Waals surface area contributed by atoms with E-state index >= 15 is 0 Å². The van der Waals surface area contributed by atoms with Crippen molar-refractivity contribution in [3.05, 3.63) is 59.7 Å². The van der Waals surface area contributed by atoms with E-state index in [-0.39, 0.29) is 25.4 Å². The van der Waals surface area contributed by atoms with Crippen molar-refractivity contribution < 1.29 is 28.8 Å². The fraction of sp³-hybridized carbons (Fsp3) is 0.333. The van der Waals surface area contributed by atoms with E-state index in [0.29, 0.717) is 24.4 Å². The van der Waals surface area contributed by atoms with Crippen LogP contribution in [0.5, 0.6) is 0 Å². The molecule has 0 saturated carbocycles. The molecule has 8 heteroatoms. The number of nitrogens with zero attached hydrogens (tertiary/aromatic N) is 2. The molecule has 2 aromatic carbocycles. The third-order valence-corrected chi connectivity index (χ3v) is 6.28. The van der Waals surface area contributed by atoms with Gasteiger partial charge < -0.3 is 9.57 Å². The summed E-state index contributed by atoms with van der Waals surface area (Å²) in [5, 5.41) is 0.510. The van der Waals surface area contributed by atoms with Crippen LogP contribution in [0.15, 0.2) is 48.5 Å². The summed E-state index contributed by atoms with van der Waals surface area (Å²) in [6.07, 6.45) is 0.426. The first kappa shape index (κ1) is 20.2. The van der Waals surface area contributed by atoms with Crippen LogP contribution < -0.4 is 0 Å². The maximum Gasteiger partial charge on any atom is 0.410 e. The molecule has 1 aliphatic carbocycles. The monoisotopic (exact) mass is 434 g/mol. The molecule has 2 fully saturated rings. The van der Waals surface area contributed by atoms with Gasteiger partial charge in [-0.05, 0) is 35.1 Å². The number of carbonyl (C=O) groups excluding carboxylic acids is 4. The number of fused-ring (bicyclic) bond motifs is 3. The second-order valence-corrected chi connectivity index (χ2v) is 8.15. The number of rotatable bonds is 4. The molecule has 0 aromatic heterocycles. The van der Waals surface area contributed by atoms with Crippen molar-refractivity contribution in [2.45, 2.75) is 37.6 Å². The Labute approximate surface area is 184 Å². The highest BCUT2D eigenvalue weighted by atomic mass is 16.7. The molecule has 164 valence electrons. The summed E-state index contributed by atoms with van der Waals surface area (Å²) in [6.45, 7) is 0.493. The lowest BCUT2D eigenvalue weighted by Gasteiger charge is -2.24. The van der Waals surface area contributed by atoms with Crippen LogP contribution in [0, 0.1) is 0 Å². The summed E-state index contributed by atoms with van der Waals surface area (Å²) in [7, 11) is 0. The van der Waals surface area contributed by atoms with Crippen LogP contribution >= 0.6 is 0 Å². The molecule has 5 rings (SSSR count). The zero-order valence-corrected chi connectivity index (χ0v) is 17.4. The maximum absolute atomic E-state index is 12.9. The fourth-order valence-corrected chi connectivity index (χ4v) is 4.72. The smallest absolute Gasteiger partial charge is 0.410 e. The highest BCUT2D eigenvalue weighted by molar-refractivity contribution is 6.02. The Morgan fingerprint density at radius 2 is 1.50 bits per heavy atom. The molecule has 2 saturated heterocycles. The second kappa shape index (κ2) is 8.11. The summed E-state index contributed by atoms with van der Waals surface area (Å²) in [6, 6.07) is 15.2. The largest absolute Gasteiger partial charge is 0.448 e. The van der Waals surface area contributed by atoms with Crippen molar-refractivity contribution in [3.8, 4) is 11.1 Å². The molecule has 0 radical (unpaired) electrons. The van der Waals surface area contributed by atoms with Gasteiger partial charge in [0.15, 0.2) is 0 Å². The number of carbonyl (C=O) groups is 4. The molecule has 8 nitrogen and oxygen atoms in total. The van der Waals surface area contributed by atoms with Gasteiger partial charge in [0.25, 0.3) is 11.8 Å². The summed E-state index contributed by atoms with van der Waals surface area (Å²) in [4.78, 5) is 55.2. The Kier molecular flexibility index (Phi) is 5.13. The van der Waals surface area contributed by atoms with Crippen LogP contribution in [0.25, 0.3) is 11.1 Å². The molecule has 1 unspecified atom stereocenters. The van der Waals surface area contributed by atoms with Crippen molar-refractivity contribution in [1.29, 1.82) is 0 Å². The first-order valence-corrected chi connectivity index (χ1v) is 10.7. The molecule has 2 heterocycles. The Morgan fingerprint density at radius 1 is 0.906 bits per heavy atom. The van der Waals surface area contributed by atoms with Crippen LogP contribution in [0.1, 0.15) is 42.7 Å². The fourth-order valence-electron chi connectivity index (χ4n) is 4.72. The van der Waals surface area contributed by atoms with Gasteiger partial charge in [-0.3, -0.25) is 14.5 Å².